The highest BCUT2D eigenvalue weighted by Gasteiger charge is 2.46. The number of rotatable bonds is 2. The summed E-state index contributed by atoms with van der Waals surface area (Å²) < 4.78 is 5.31. The van der Waals surface area contributed by atoms with E-state index >= 15 is 0 Å². The number of aliphatic hydroxyl groups is 2. The molecule has 17 heavy (non-hydrogen) atoms. The fourth-order valence-electron chi connectivity index (χ4n) is 2.02. The first kappa shape index (κ1) is 12.2. The summed E-state index contributed by atoms with van der Waals surface area (Å²) in [5.41, 5.74) is 5.72. The van der Waals surface area contributed by atoms with Gasteiger partial charge in [-0.2, -0.15) is 0 Å². The molecular weight excluding hydrogens is 230 g/mol. The molecule has 96 valence electrons. The van der Waals surface area contributed by atoms with Crippen molar-refractivity contribution < 1.29 is 24.5 Å². The summed E-state index contributed by atoms with van der Waals surface area (Å²) in [6.07, 6.45) is -2.50. The number of carbonyl (C=O) groups excluding carboxylic acids is 2. The zero-order valence-corrected chi connectivity index (χ0v) is 9.07. The van der Waals surface area contributed by atoms with E-state index in [1.807, 2.05) is 0 Å². The van der Waals surface area contributed by atoms with Crippen LogP contribution >= 0.6 is 0 Å². The van der Waals surface area contributed by atoms with Crippen molar-refractivity contribution in [1.82, 2.24) is 10.2 Å². The van der Waals surface area contributed by atoms with Gasteiger partial charge in [0, 0.05) is 13.0 Å². The molecular formula is C9H15N3O5. The van der Waals surface area contributed by atoms with Gasteiger partial charge in [0.25, 0.3) is 0 Å². The summed E-state index contributed by atoms with van der Waals surface area (Å²) >= 11 is 0. The third-order valence-electron chi connectivity index (χ3n) is 2.99. The maximum Gasteiger partial charge on any atom is 0.326 e. The predicted octanol–water partition coefficient (Wildman–Crippen LogP) is -2.67. The Morgan fingerprint density at radius 2 is 2.24 bits per heavy atom. The number of ether oxygens (including phenoxy) is 1. The maximum absolute atomic E-state index is 11.6. The van der Waals surface area contributed by atoms with Gasteiger partial charge in [0.1, 0.15) is 12.2 Å². The van der Waals surface area contributed by atoms with Gasteiger partial charge >= 0.3 is 6.03 Å². The highest BCUT2D eigenvalue weighted by atomic mass is 16.5. The molecule has 5 N–H and O–H groups in total. The average Bonchev–Trinajstić information content (AvgIpc) is 2.57. The van der Waals surface area contributed by atoms with Gasteiger partial charge in [-0.1, -0.05) is 0 Å². The van der Waals surface area contributed by atoms with Crippen molar-refractivity contribution in [2.45, 2.75) is 30.9 Å². The predicted molar refractivity (Wildman–Crippen MR) is 54.6 cm³/mol. The number of hydrogen-bond donors (Lipinski definition) is 4. The first-order chi connectivity index (χ1) is 8.04. The van der Waals surface area contributed by atoms with E-state index in [1.54, 1.807) is 0 Å². The number of nitrogens with one attached hydrogen (secondary N) is 1. The second kappa shape index (κ2) is 4.57. The Kier molecular flexibility index (Phi) is 3.29. The third kappa shape index (κ3) is 2.12. The quantitative estimate of drug-likeness (QED) is 0.420. The molecule has 8 nitrogen and oxygen atoms in total. The minimum Gasteiger partial charge on any atom is -0.394 e. The Balaban J connectivity index is 2.08. The molecule has 3 amide bonds. The largest absolute Gasteiger partial charge is 0.394 e. The minimum absolute atomic E-state index is 0.165. The molecule has 0 unspecified atom stereocenters. The molecule has 0 aromatic rings. The maximum atomic E-state index is 11.6. The molecule has 4 atom stereocenters. The van der Waals surface area contributed by atoms with Crippen molar-refractivity contribution in [3.63, 3.8) is 0 Å². The van der Waals surface area contributed by atoms with Crippen LogP contribution in [0.4, 0.5) is 4.79 Å². The summed E-state index contributed by atoms with van der Waals surface area (Å²) in [5, 5.41) is 20.8. The number of carbonyl (C=O) groups is 2. The summed E-state index contributed by atoms with van der Waals surface area (Å²) in [7, 11) is 0. The van der Waals surface area contributed by atoms with Gasteiger partial charge in [0.05, 0.1) is 12.6 Å². The topological polar surface area (TPSA) is 125 Å². The molecule has 0 aliphatic carbocycles. The van der Waals surface area contributed by atoms with Crippen molar-refractivity contribution >= 4 is 11.9 Å². The second-order valence-electron chi connectivity index (χ2n) is 4.11. The standard InChI is InChI=1S/C9H15N3O5/c10-6-7(15)4(3-13)17-8(6)12-2-1-5(14)11-9(12)16/h4,6-8,13,15H,1-3,10H2,(H,11,14,16)/t4-,6-,7-,8-/m1/s1. The van der Waals surface area contributed by atoms with Crippen LogP contribution in [0.15, 0.2) is 0 Å². The lowest BCUT2D eigenvalue weighted by Crippen LogP contribution is -2.58. The highest BCUT2D eigenvalue weighted by Crippen LogP contribution is 2.23. The fourth-order valence-corrected chi connectivity index (χ4v) is 2.02. The third-order valence-corrected chi connectivity index (χ3v) is 2.99. The van der Waals surface area contributed by atoms with Crippen LogP contribution in [0.5, 0.6) is 0 Å². The number of urea groups is 1. The molecule has 0 aromatic carbocycles. The van der Waals surface area contributed by atoms with E-state index in [-0.39, 0.29) is 25.5 Å². The molecule has 2 aliphatic heterocycles. The van der Waals surface area contributed by atoms with E-state index in [9.17, 15) is 14.7 Å². The molecule has 0 saturated carbocycles. The van der Waals surface area contributed by atoms with Crippen LogP contribution in [0.3, 0.4) is 0 Å². The molecule has 2 aliphatic rings. The summed E-state index contributed by atoms with van der Waals surface area (Å²) in [6.45, 7) is -0.187. The SMILES string of the molecule is N[C@@H]1[C@H](O)[C@@H](CO)O[C@H]1N1CCC(=O)NC1=O. The molecule has 0 radical (unpaired) electrons. The first-order valence-corrected chi connectivity index (χ1v) is 5.35. The Labute approximate surface area is 97.3 Å². The lowest BCUT2D eigenvalue weighted by molar-refractivity contribution is -0.124. The molecule has 2 fully saturated rings. The van der Waals surface area contributed by atoms with Crippen LogP contribution in [0.25, 0.3) is 0 Å². The Hall–Kier alpha value is -1.22. The average molecular weight is 245 g/mol. The van der Waals surface area contributed by atoms with Gasteiger partial charge in [-0.05, 0) is 0 Å². The van der Waals surface area contributed by atoms with E-state index in [1.165, 1.54) is 4.90 Å². The normalized spacial score (nSPS) is 38.4. The molecule has 0 aromatic heterocycles. The monoisotopic (exact) mass is 245 g/mol. The van der Waals surface area contributed by atoms with Crippen LogP contribution in [0.1, 0.15) is 6.42 Å². The van der Waals surface area contributed by atoms with Gasteiger partial charge in [0.15, 0.2) is 6.23 Å². The fraction of sp³-hybridized carbons (Fsp3) is 0.778. The number of amides is 3. The molecule has 2 rings (SSSR count). The van der Waals surface area contributed by atoms with E-state index in [0.29, 0.717) is 0 Å². The molecule has 2 heterocycles. The van der Waals surface area contributed by atoms with Crippen LogP contribution in [0.2, 0.25) is 0 Å². The van der Waals surface area contributed by atoms with Crippen molar-refractivity contribution in [1.29, 1.82) is 0 Å². The Bertz CT molecular complexity index is 337. The zero-order chi connectivity index (χ0) is 12.6. The summed E-state index contributed by atoms with van der Waals surface area (Å²) in [4.78, 5) is 23.8. The first-order valence-electron chi connectivity index (χ1n) is 5.35. The van der Waals surface area contributed by atoms with Crippen molar-refractivity contribution in [2.75, 3.05) is 13.2 Å². The minimum atomic E-state index is -1.03. The van der Waals surface area contributed by atoms with Gasteiger partial charge in [-0.25, -0.2) is 4.79 Å². The van der Waals surface area contributed by atoms with Crippen molar-refractivity contribution in [3.8, 4) is 0 Å². The van der Waals surface area contributed by atoms with Crippen LogP contribution < -0.4 is 11.1 Å². The van der Waals surface area contributed by atoms with Crippen molar-refractivity contribution in [2.24, 2.45) is 5.73 Å². The number of nitrogens with zero attached hydrogens (tertiary/aromatic N) is 1. The van der Waals surface area contributed by atoms with Gasteiger partial charge in [-0.15, -0.1) is 0 Å². The van der Waals surface area contributed by atoms with Crippen molar-refractivity contribution in [3.05, 3.63) is 0 Å². The van der Waals surface area contributed by atoms with Crippen LogP contribution in [-0.4, -0.2) is 64.7 Å². The number of imide groups is 1. The lowest BCUT2D eigenvalue weighted by atomic mass is 10.1. The molecule has 2 saturated heterocycles. The molecule has 8 heteroatoms. The smallest absolute Gasteiger partial charge is 0.326 e. The zero-order valence-electron chi connectivity index (χ0n) is 9.07. The van der Waals surface area contributed by atoms with Crippen LogP contribution in [0, 0.1) is 0 Å². The Morgan fingerprint density at radius 3 is 2.76 bits per heavy atom. The number of aliphatic hydroxyl groups excluding tert-OH is 2. The number of nitrogens with two attached hydrogens (primary N) is 1. The molecule has 0 bridgehead atoms. The van der Waals surface area contributed by atoms with E-state index in [4.69, 9.17) is 15.6 Å². The highest BCUT2D eigenvalue weighted by molar-refractivity contribution is 5.96. The van der Waals surface area contributed by atoms with Crippen LogP contribution in [-0.2, 0) is 9.53 Å². The summed E-state index contributed by atoms with van der Waals surface area (Å²) in [5.74, 6) is -0.350. The lowest BCUT2D eigenvalue weighted by Gasteiger charge is -2.33. The van der Waals surface area contributed by atoms with Gasteiger partial charge in [-0.3, -0.25) is 15.0 Å². The number of hydrogen-bond acceptors (Lipinski definition) is 6. The van der Waals surface area contributed by atoms with E-state index in [0.717, 1.165) is 0 Å². The van der Waals surface area contributed by atoms with Gasteiger partial charge in [0.2, 0.25) is 5.91 Å². The van der Waals surface area contributed by atoms with Gasteiger partial charge < -0.3 is 20.7 Å². The van der Waals surface area contributed by atoms with E-state index < -0.39 is 30.5 Å². The van der Waals surface area contributed by atoms with E-state index in [2.05, 4.69) is 5.32 Å². The second-order valence-corrected chi connectivity index (χ2v) is 4.11. The summed E-state index contributed by atoms with van der Waals surface area (Å²) in [6, 6.07) is -1.39. The molecule has 0 spiro atoms. The Morgan fingerprint density at radius 1 is 1.53 bits per heavy atom.